The predicted octanol–water partition coefficient (Wildman–Crippen LogP) is 5.58. The van der Waals surface area contributed by atoms with Gasteiger partial charge in [-0.25, -0.2) is 0 Å². The second kappa shape index (κ2) is 8.22. The van der Waals surface area contributed by atoms with Gasteiger partial charge in [0, 0.05) is 11.1 Å². The monoisotopic (exact) mass is 420 g/mol. The fourth-order valence-corrected chi connectivity index (χ4v) is 4.71. The highest BCUT2D eigenvalue weighted by molar-refractivity contribution is 7.58. The summed E-state index contributed by atoms with van der Waals surface area (Å²) in [5.41, 5.74) is 2.21. The molecule has 0 aromatic heterocycles. The minimum absolute atomic E-state index is 0.248. The molecule has 0 amide bonds. The van der Waals surface area contributed by atoms with Crippen molar-refractivity contribution in [3.8, 4) is 5.75 Å². The Morgan fingerprint density at radius 1 is 0.966 bits per heavy atom. The van der Waals surface area contributed by atoms with E-state index >= 15 is 0 Å². The molecule has 0 heterocycles. The van der Waals surface area contributed by atoms with Crippen molar-refractivity contribution in [3.05, 3.63) is 45.8 Å². The lowest BCUT2D eigenvalue weighted by Gasteiger charge is -2.27. The number of ketones is 1. The lowest BCUT2D eigenvalue weighted by atomic mass is 9.78. The SMILES string of the molecule is CC(C)(C)c1cc(C=CC(=O)C(=C2CCCC2)P(=O)(O)O)cc(C(C)(C)C)c1O. The fraction of sp³-hybridized carbons (Fsp3) is 0.522. The molecular weight excluding hydrogens is 387 g/mol. The largest absolute Gasteiger partial charge is 0.507 e. The fourth-order valence-electron chi connectivity index (χ4n) is 3.71. The van der Waals surface area contributed by atoms with Crippen LogP contribution in [0.15, 0.2) is 29.1 Å². The molecule has 0 spiro atoms. The first-order valence-corrected chi connectivity index (χ1v) is 11.6. The minimum atomic E-state index is -4.64. The molecule has 2 rings (SSSR count). The Morgan fingerprint density at radius 3 is 1.79 bits per heavy atom. The molecule has 0 unspecified atom stereocenters. The van der Waals surface area contributed by atoms with Crippen molar-refractivity contribution >= 4 is 19.5 Å². The van der Waals surface area contributed by atoms with Gasteiger partial charge in [-0.15, -0.1) is 0 Å². The number of rotatable bonds is 4. The van der Waals surface area contributed by atoms with Gasteiger partial charge in [-0.05, 0) is 60.3 Å². The van der Waals surface area contributed by atoms with Crippen molar-refractivity contribution in [2.45, 2.75) is 78.1 Å². The lowest BCUT2D eigenvalue weighted by molar-refractivity contribution is -0.110. The number of phenols is 1. The highest BCUT2D eigenvalue weighted by atomic mass is 31.2. The third-order valence-electron chi connectivity index (χ3n) is 5.24. The van der Waals surface area contributed by atoms with Crippen LogP contribution in [0.5, 0.6) is 5.75 Å². The van der Waals surface area contributed by atoms with Gasteiger partial charge in [0.2, 0.25) is 0 Å². The molecule has 1 aliphatic rings. The van der Waals surface area contributed by atoms with E-state index in [4.69, 9.17) is 0 Å². The van der Waals surface area contributed by atoms with Crippen molar-refractivity contribution < 1.29 is 24.3 Å². The third-order valence-corrected chi connectivity index (χ3v) is 6.36. The number of benzene rings is 1. The van der Waals surface area contributed by atoms with Gasteiger partial charge in [0.1, 0.15) is 11.1 Å². The molecule has 0 aliphatic heterocycles. The highest BCUT2D eigenvalue weighted by Gasteiger charge is 2.31. The Labute approximate surface area is 173 Å². The molecule has 29 heavy (non-hydrogen) atoms. The standard InChI is InChI=1S/C23H33O5P/c1-22(2,3)17-13-15(14-18(20(17)25)23(4,5)6)11-12-19(24)21(29(26,27)28)16-9-7-8-10-16/h11-14,25H,7-10H2,1-6H3,(H2,26,27,28). The van der Waals surface area contributed by atoms with Crippen molar-refractivity contribution in [1.82, 2.24) is 0 Å². The van der Waals surface area contributed by atoms with Gasteiger partial charge in [-0.1, -0.05) is 53.2 Å². The first-order valence-electron chi connectivity index (χ1n) is 10.0. The maximum atomic E-state index is 12.7. The van der Waals surface area contributed by atoms with Gasteiger partial charge in [0.25, 0.3) is 0 Å². The average molecular weight is 420 g/mol. The zero-order chi connectivity index (χ0) is 22.2. The van der Waals surface area contributed by atoms with Crippen LogP contribution in [0.2, 0.25) is 0 Å². The Balaban J connectivity index is 2.53. The summed E-state index contributed by atoms with van der Waals surface area (Å²) in [7, 11) is -4.64. The maximum absolute atomic E-state index is 12.7. The molecular formula is C23H33O5P. The van der Waals surface area contributed by atoms with E-state index in [0.717, 1.165) is 24.0 Å². The zero-order valence-electron chi connectivity index (χ0n) is 18.2. The summed E-state index contributed by atoms with van der Waals surface area (Å²) in [5, 5.41) is 10.4. The van der Waals surface area contributed by atoms with Crippen LogP contribution >= 0.6 is 7.60 Å². The van der Waals surface area contributed by atoms with Crippen LogP contribution < -0.4 is 0 Å². The third kappa shape index (κ3) is 5.69. The molecule has 1 aliphatic carbocycles. The van der Waals surface area contributed by atoms with Gasteiger partial charge in [0.15, 0.2) is 5.78 Å². The van der Waals surface area contributed by atoms with Crippen LogP contribution in [0, 0.1) is 0 Å². The van der Waals surface area contributed by atoms with E-state index in [0.29, 0.717) is 24.0 Å². The van der Waals surface area contributed by atoms with Gasteiger partial charge in [0.05, 0.1) is 0 Å². The van der Waals surface area contributed by atoms with Gasteiger partial charge in [-0.2, -0.15) is 0 Å². The Bertz CT molecular complexity index is 861. The van der Waals surface area contributed by atoms with E-state index in [2.05, 4.69) is 0 Å². The normalized spacial score (nSPS) is 15.9. The summed E-state index contributed by atoms with van der Waals surface area (Å²) in [6, 6.07) is 3.66. The number of hydrogen-bond acceptors (Lipinski definition) is 3. The number of carbonyl (C=O) groups is 1. The van der Waals surface area contributed by atoms with Crippen LogP contribution in [-0.4, -0.2) is 20.7 Å². The average Bonchev–Trinajstić information content (AvgIpc) is 3.04. The second-order valence-corrected chi connectivity index (χ2v) is 11.4. The van der Waals surface area contributed by atoms with Crippen molar-refractivity contribution in [3.63, 3.8) is 0 Å². The Hall–Kier alpha value is -1.68. The highest BCUT2D eigenvalue weighted by Crippen LogP contribution is 2.50. The van der Waals surface area contributed by atoms with E-state index < -0.39 is 13.4 Å². The van der Waals surface area contributed by atoms with E-state index in [1.807, 2.05) is 53.7 Å². The Kier molecular flexibility index (Phi) is 6.69. The molecule has 5 nitrogen and oxygen atoms in total. The molecule has 0 atom stereocenters. The molecule has 1 fully saturated rings. The molecule has 0 saturated heterocycles. The number of allylic oxidation sites excluding steroid dienone is 3. The lowest BCUT2D eigenvalue weighted by Crippen LogP contribution is -2.17. The van der Waals surface area contributed by atoms with Crippen LogP contribution in [0.1, 0.15) is 83.9 Å². The molecule has 1 aromatic rings. The summed E-state index contributed by atoms with van der Waals surface area (Å²) in [6.07, 6.45) is 5.63. The van der Waals surface area contributed by atoms with Crippen LogP contribution in [0.3, 0.4) is 0 Å². The topological polar surface area (TPSA) is 94.8 Å². The van der Waals surface area contributed by atoms with Gasteiger partial charge < -0.3 is 14.9 Å². The van der Waals surface area contributed by atoms with Gasteiger partial charge >= 0.3 is 7.60 Å². The quantitative estimate of drug-likeness (QED) is 0.437. The van der Waals surface area contributed by atoms with Crippen molar-refractivity contribution in [2.75, 3.05) is 0 Å². The van der Waals surface area contributed by atoms with Crippen LogP contribution in [0.4, 0.5) is 0 Å². The van der Waals surface area contributed by atoms with Crippen molar-refractivity contribution in [1.29, 1.82) is 0 Å². The summed E-state index contributed by atoms with van der Waals surface area (Å²) < 4.78 is 11.9. The van der Waals surface area contributed by atoms with Crippen molar-refractivity contribution in [2.24, 2.45) is 0 Å². The van der Waals surface area contributed by atoms with E-state index in [-0.39, 0.29) is 21.9 Å². The van der Waals surface area contributed by atoms with E-state index in [9.17, 15) is 24.3 Å². The molecule has 1 saturated carbocycles. The van der Waals surface area contributed by atoms with Crippen LogP contribution in [-0.2, 0) is 20.2 Å². The van der Waals surface area contributed by atoms with Gasteiger partial charge in [-0.3, -0.25) is 9.36 Å². The summed E-state index contributed by atoms with van der Waals surface area (Å²) in [6.45, 7) is 12.0. The molecule has 0 radical (unpaired) electrons. The molecule has 160 valence electrons. The smallest absolute Gasteiger partial charge is 0.360 e. The molecule has 6 heteroatoms. The predicted molar refractivity (Wildman–Crippen MR) is 117 cm³/mol. The summed E-state index contributed by atoms with van der Waals surface area (Å²) in [5.74, 6) is -0.393. The summed E-state index contributed by atoms with van der Waals surface area (Å²) >= 11 is 0. The summed E-state index contributed by atoms with van der Waals surface area (Å²) in [4.78, 5) is 32.1. The number of aromatic hydroxyl groups is 1. The Morgan fingerprint density at radius 2 is 1.41 bits per heavy atom. The second-order valence-electron chi connectivity index (χ2n) is 9.87. The first kappa shape index (κ1) is 23.6. The minimum Gasteiger partial charge on any atom is -0.507 e. The first-order chi connectivity index (χ1) is 13.1. The maximum Gasteiger partial charge on any atom is 0.360 e. The van der Waals surface area contributed by atoms with E-state index in [1.54, 1.807) is 6.08 Å². The number of phenolic OH excluding ortho intramolecular Hbond substituents is 1. The number of carbonyl (C=O) groups excluding carboxylic acids is 1. The molecule has 1 aromatic carbocycles. The molecule has 0 bridgehead atoms. The molecule has 3 N–H and O–H groups in total. The number of hydrogen-bond donors (Lipinski definition) is 3. The van der Waals surface area contributed by atoms with E-state index in [1.165, 1.54) is 6.08 Å². The van der Waals surface area contributed by atoms with Crippen LogP contribution in [0.25, 0.3) is 6.08 Å². The zero-order valence-corrected chi connectivity index (χ0v) is 19.1.